The number of likely N-dealkylation sites (tertiary alicyclic amines) is 1. The highest BCUT2D eigenvalue weighted by atomic mass is 16.5. The Hall–Kier alpha value is -0.650. The quantitative estimate of drug-likeness (QED) is 0.758. The van der Waals surface area contributed by atoms with Crippen molar-refractivity contribution in [1.82, 2.24) is 10.2 Å². The van der Waals surface area contributed by atoms with Gasteiger partial charge in [0.1, 0.15) is 0 Å². The number of hydrogen-bond acceptors (Lipinski definition) is 4. The van der Waals surface area contributed by atoms with Crippen LogP contribution in [0.15, 0.2) is 0 Å². The van der Waals surface area contributed by atoms with Crippen molar-refractivity contribution in [2.24, 2.45) is 5.92 Å². The van der Waals surface area contributed by atoms with Crippen LogP contribution in [0.3, 0.4) is 0 Å². The van der Waals surface area contributed by atoms with Crippen molar-refractivity contribution in [3.8, 4) is 0 Å². The molecule has 2 aliphatic rings. The van der Waals surface area contributed by atoms with E-state index in [0.29, 0.717) is 12.5 Å². The van der Waals surface area contributed by atoms with Gasteiger partial charge in [-0.1, -0.05) is 0 Å². The Balaban J connectivity index is 1.69. The molecule has 0 aromatic carbocycles. The molecule has 2 saturated heterocycles. The first-order valence-electron chi connectivity index (χ1n) is 7.45. The van der Waals surface area contributed by atoms with E-state index in [9.17, 15) is 4.79 Å². The topological polar surface area (TPSA) is 61.8 Å². The molecule has 2 N–H and O–H groups in total. The number of aliphatic hydroxyl groups is 1. The number of aliphatic hydroxyl groups excluding tert-OH is 1. The lowest BCUT2D eigenvalue weighted by Crippen LogP contribution is -2.49. The largest absolute Gasteiger partial charge is 0.396 e. The second-order valence-electron chi connectivity index (χ2n) is 5.72. The zero-order valence-corrected chi connectivity index (χ0v) is 11.8. The van der Waals surface area contributed by atoms with Gasteiger partial charge in [-0.15, -0.1) is 0 Å². The van der Waals surface area contributed by atoms with Crippen molar-refractivity contribution in [3.05, 3.63) is 0 Å². The highest BCUT2D eigenvalue weighted by molar-refractivity contribution is 5.81. The number of carbonyl (C=O) groups excluding carboxylic acids is 1. The van der Waals surface area contributed by atoms with E-state index in [0.717, 1.165) is 45.4 Å². The predicted molar refractivity (Wildman–Crippen MR) is 72.8 cm³/mol. The van der Waals surface area contributed by atoms with E-state index in [1.54, 1.807) is 0 Å². The molecule has 2 heterocycles. The van der Waals surface area contributed by atoms with Crippen molar-refractivity contribution >= 4 is 5.91 Å². The molecule has 0 saturated carbocycles. The van der Waals surface area contributed by atoms with Gasteiger partial charge in [-0.3, -0.25) is 9.69 Å². The number of carbonyl (C=O) groups is 1. The number of amides is 1. The lowest BCUT2D eigenvalue weighted by Gasteiger charge is -2.34. The Labute approximate surface area is 115 Å². The Bertz CT molecular complexity index is 284. The maximum atomic E-state index is 12.1. The third-order valence-electron chi connectivity index (χ3n) is 4.36. The second-order valence-corrected chi connectivity index (χ2v) is 5.72. The van der Waals surface area contributed by atoms with Gasteiger partial charge in [0.05, 0.1) is 12.1 Å². The molecule has 1 amide bonds. The molecule has 0 aromatic heterocycles. The van der Waals surface area contributed by atoms with Crippen LogP contribution in [0, 0.1) is 5.92 Å². The fourth-order valence-corrected chi connectivity index (χ4v) is 2.86. The molecule has 2 unspecified atom stereocenters. The molecular formula is C14H26N2O3. The number of nitrogens with zero attached hydrogens (tertiary/aromatic N) is 1. The fraction of sp³-hybridized carbons (Fsp3) is 0.929. The Kier molecular flexibility index (Phi) is 5.60. The highest BCUT2D eigenvalue weighted by Crippen LogP contribution is 2.18. The summed E-state index contributed by atoms with van der Waals surface area (Å²) in [4.78, 5) is 14.3. The molecule has 0 bridgehead atoms. The molecule has 2 rings (SSSR count). The van der Waals surface area contributed by atoms with E-state index in [-0.39, 0.29) is 24.7 Å². The molecule has 0 aliphatic carbocycles. The average Bonchev–Trinajstić information content (AvgIpc) is 2.97. The van der Waals surface area contributed by atoms with Crippen LogP contribution in [0.4, 0.5) is 0 Å². The van der Waals surface area contributed by atoms with Crippen LogP contribution < -0.4 is 5.32 Å². The van der Waals surface area contributed by atoms with Crippen molar-refractivity contribution in [1.29, 1.82) is 0 Å². The summed E-state index contributed by atoms with van der Waals surface area (Å²) in [5.74, 6) is 0.511. The van der Waals surface area contributed by atoms with E-state index in [2.05, 4.69) is 10.2 Å². The zero-order chi connectivity index (χ0) is 13.7. The van der Waals surface area contributed by atoms with E-state index >= 15 is 0 Å². The number of ether oxygens (including phenoxy) is 1. The first-order valence-corrected chi connectivity index (χ1v) is 7.45. The van der Waals surface area contributed by atoms with Gasteiger partial charge in [-0.05, 0) is 51.6 Å². The Morgan fingerprint density at radius 2 is 2.16 bits per heavy atom. The van der Waals surface area contributed by atoms with Crippen LogP contribution in [-0.4, -0.2) is 60.9 Å². The minimum atomic E-state index is -0.0824. The maximum absolute atomic E-state index is 12.1. The van der Waals surface area contributed by atoms with Crippen molar-refractivity contribution in [2.45, 2.75) is 44.8 Å². The van der Waals surface area contributed by atoms with Crippen molar-refractivity contribution in [2.75, 3.05) is 32.8 Å². The van der Waals surface area contributed by atoms with E-state index in [1.807, 2.05) is 6.92 Å². The summed E-state index contributed by atoms with van der Waals surface area (Å²) in [6.45, 7) is 5.50. The van der Waals surface area contributed by atoms with Gasteiger partial charge < -0.3 is 15.2 Å². The molecule has 5 heteroatoms. The smallest absolute Gasteiger partial charge is 0.237 e. The summed E-state index contributed by atoms with van der Waals surface area (Å²) in [5.41, 5.74) is 0. The normalized spacial score (nSPS) is 27.4. The summed E-state index contributed by atoms with van der Waals surface area (Å²) in [6.07, 6.45) is 4.33. The van der Waals surface area contributed by atoms with Crippen LogP contribution >= 0.6 is 0 Å². The van der Waals surface area contributed by atoms with E-state index < -0.39 is 0 Å². The molecular weight excluding hydrogens is 244 g/mol. The minimum absolute atomic E-state index is 0.0824. The van der Waals surface area contributed by atoms with Crippen molar-refractivity contribution in [3.63, 3.8) is 0 Å². The second kappa shape index (κ2) is 7.22. The Morgan fingerprint density at radius 1 is 1.42 bits per heavy atom. The van der Waals surface area contributed by atoms with E-state index in [1.165, 1.54) is 0 Å². The lowest BCUT2D eigenvalue weighted by atomic mass is 9.97. The zero-order valence-electron chi connectivity index (χ0n) is 11.8. The third-order valence-corrected chi connectivity index (χ3v) is 4.36. The summed E-state index contributed by atoms with van der Waals surface area (Å²) in [6, 6.07) is -0.0824. The number of hydrogen-bond donors (Lipinski definition) is 2. The molecule has 0 radical (unpaired) electrons. The molecule has 5 nitrogen and oxygen atoms in total. The maximum Gasteiger partial charge on any atom is 0.237 e. The van der Waals surface area contributed by atoms with Crippen LogP contribution in [0.2, 0.25) is 0 Å². The predicted octanol–water partition coefficient (Wildman–Crippen LogP) is 0.374. The Morgan fingerprint density at radius 3 is 2.74 bits per heavy atom. The van der Waals surface area contributed by atoms with Gasteiger partial charge in [0.25, 0.3) is 0 Å². The van der Waals surface area contributed by atoms with Gasteiger partial charge in [0, 0.05) is 19.8 Å². The molecule has 0 aromatic rings. The molecule has 110 valence electrons. The fourth-order valence-electron chi connectivity index (χ4n) is 2.86. The van der Waals surface area contributed by atoms with Gasteiger partial charge in [-0.25, -0.2) is 0 Å². The molecule has 0 spiro atoms. The molecule has 2 atom stereocenters. The van der Waals surface area contributed by atoms with Crippen molar-refractivity contribution < 1.29 is 14.6 Å². The molecule has 2 fully saturated rings. The van der Waals surface area contributed by atoms with E-state index in [4.69, 9.17) is 9.84 Å². The molecule has 2 aliphatic heterocycles. The SMILES string of the molecule is CC(C(=O)NCC1CCCO1)N1CCC(CO)CC1. The first-order chi connectivity index (χ1) is 9.20. The summed E-state index contributed by atoms with van der Waals surface area (Å²) < 4.78 is 5.50. The number of piperidine rings is 1. The third kappa shape index (κ3) is 4.16. The van der Waals surface area contributed by atoms with Crippen LogP contribution in [0.1, 0.15) is 32.6 Å². The van der Waals surface area contributed by atoms with Gasteiger partial charge in [-0.2, -0.15) is 0 Å². The van der Waals surface area contributed by atoms with Crippen LogP contribution in [-0.2, 0) is 9.53 Å². The standard InChI is InChI=1S/C14H26N2O3/c1-11(16-6-4-12(10-17)5-7-16)14(18)15-9-13-3-2-8-19-13/h11-13,17H,2-10H2,1H3,(H,15,18). The summed E-state index contributed by atoms with van der Waals surface area (Å²) in [7, 11) is 0. The average molecular weight is 270 g/mol. The van der Waals surface area contributed by atoms with Crippen LogP contribution in [0.5, 0.6) is 0 Å². The minimum Gasteiger partial charge on any atom is -0.396 e. The number of rotatable bonds is 5. The van der Waals surface area contributed by atoms with Gasteiger partial charge in [0.15, 0.2) is 0 Å². The monoisotopic (exact) mass is 270 g/mol. The lowest BCUT2D eigenvalue weighted by molar-refractivity contribution is -0.127. The van der Waals surface area contributed by atoms with Crippen LogP contribution in [0.25, 0.3) is 0 Å². The number of nitrogens with one attached hydrogen (secondary N) is 1. The molecule has 19 heavy (non-hydrogen) atoms. The van der Waals surface area contributed by atoms with Gasteiger partial charge in [0.2, 0.25) is 5.91 Å². The summed E-state index contributed by atoms with van der Waals surface area (Å²) >= 11 is 0. The summed E-state index contributed by atoms with van der Waals surface area (Å²) in [5, 5.41) is 12.1. The first kappa shape index (κ1) is 14.8. The van der Waals surface area contributed by atoms with Gasteiger partial charge >= 0.3 is 0 Å². The highest BCUT2D eigenvalue weighted by Gasteiger charge is 2.26.